The largest absolute Gasteiger partial charge is 0.393 e. The Labute approximate surface area is 117 Å². The average Bonchev–Trinajstić information content (AvgIpc) is 2.41. The van der Waals surface area contributed by atoms with Crippen molar-refractivity contribution >= 4 is 22.5 Å². The summed E-state index contributed by atoms with van der Waals surface area (Å²) in [7, 11) is 0. The van der Waals surface area contributed by atoms with Gasteiger partial charge in [0.1, 0.15) is 0 Å². The minimum absolute atomic E-state index is 0.134. The van der Waals surface area contributed by atoms with Gasteiger partial charge in [0.05, 0.1) is 11.6 Å². The molecule has 100 valence electrons. The second-order valence-electron chi connectivity index (χ2n) is 5.15. The van der Waals surface area contributed by atoms with E-state index in [4.69, 9.17) is 11.6 Å². The van der Waals surface area contributed by atoms with Crippen molar-refractivity contribution in [2.75, 3.05) is 13.1 Å². The molecule has 1 aliphatic rings. The SMILES string of the molecule is OC1CCN(Cc2cc(Cl)cc3cccnc23)CC1. The molecule has 2 heterocycles. The van der Waals surface area contributed by atoms with Crippen LogP contribution in [0.25, 0.3) is 10.9 Å². The molecule has 0 radical (unpaired) electrons. The first-order valence-corrected chi connectivity index (χ1v) is 7.04. The topological polar surface area (TPSA) is 36.4 Å². The van der Waals surface area contributed by atoms with E-state index in [0.29, 0.717) is 0 Å². The second kappa shape index (κ2) is 5.45. The highest BCUT2D eigenvalue weighted by atomic mass is 35.5. The maximum absolute atomic E-state index is 9.55. The maximum Gasteiger partial charge on any atom is 0.0747 e. The monoisotopic (exact) mass is 276 g/mol. The summed E-state index contributed by atoms with van der Waals surface area (Å²) in [5.74, 6) is 0. The molecule has 0 unspecified atom stereocenters. The van der Waals surface area contributed by atoms with Gasteiger partial charge in [-0.2, -0.15) is 0 Å². The third-order valence-corrected chi connectivity index (χ3v) is 3.92. The lowest BCUT2D eigenvalue weighted by Gasteiger charge is -2.29. The molecular formula is C15H17ClN2O. The van der Waals surface area contributed by atoms with Crippen molar-refractivity contribution in [3.8, 4) is 0 Å². The van der Waals surface area contributed by atoms with E-state index in [-0.39, 0.29) is 6.10 Å². The van der Waals surface area contributed by atoms with Crippen LogP contribution in [0.3, 0.4) is 0 Å². The number of fused-ring (bicyclic) bond motifs is 1. The van der Waals surface area contributed by atoms with Gasteiger partial charge in [0, 0.05) is 36.2 Å². The summed E-state index contributed by atoms with van der Waals surface area (Å²) in [6.07, 6.45) is 3.39. The first-order chi connectivity index (χ1) is 9.22. The van der Waals surface area contributed by atoms with Gasteiger partial charge >= 0.3 is 0 Å². The van der Waals surface area contributed by atoms with Gasteiger partial charge in [-0.05, 0) is 36.6 Å². The quantitative estimate of drug-likeness (QED) is 0.916. The third-order valence-electron chi connectivity index (χ3n) is 3.70. The van der Waals surface area contributed by atoms with Crippen LogP contribution in [0.2, 0.25) is 5.02 Å². The summed E-state index contributed by atoms with van der Waals surface area (Å²) in [6, 6.07) is 7.92. The maximum atomic E-state index is 9.55. The molecule has 1 aliphatic heterocycles. The van der Waals surface area contributed by atoms with E-state index in [1.165, 1.54) is 5.56 Å². The van der Waals surface area contributed by atoms with Gasteiger partial charge in [0.25, 0.3) is 0 Å². The summed E-state index contributed by atoms with van der Waals surface area (Å²) >= 11 is 6.18. The lowest BCUT2D eigenvalue weighted by molar-refractivity contribution is 0.0794. The molecular weight excluding hydrogens is 260 g/mol. The van der Waals surface area contributed by atoms with Crippen LogP contribution in [-0.2, 0) is 6.54 Å². The lowest BCUT2D eigenvalue weighted by Crippen LogP contribution is -2.35. The molecule has 0 bridgehead atoms. The average molecular weight is 277 g/mol. The van der Waals surface area contributed by atoms with Crippen LogP contribution in [0.1, 0.15) is 18.4 Å². The lowest BCUT2D eigenvalue weighted by atomic mass is 10.1. The molecule has 19 heavy (non-hydrogen) atoms. The van der Waals surface area contributed by atoms with Gasteiger partial charge in [-0.3, -0.25) is 9.88 Å². The van der Waals surface area contributed by atoms with E-state index < -0.39 is 0 Å². The fourth-order valence-electron chi connectivity index (χ4n) is 2.67. The molecule has 3 rings (SSSR count). The molecule has 1 N–H and O–H groups in total. The zero-order valence-electron chi connectivity index (χ0n) is 10.7. The Morgan fingerprint density at radius 2 is 2.11 bits per heavy atom. The number of aliphatic hydroxyl groups is 1. The van der Waals surface area contributed by atoms with E-state index in [1.807, 2.05) is 30.5 Å². The number of piperidine rings is 1. The second-order valence-corrected chi connectivity index (χ2v) is 5.58. The van der Waals surface area contributed by atoms with Crippen molar-refractivity contribution in [1.82, 2.24) is 9.88 Å². The Kier molecular flexibility index (Phi) is 3.69. The van der Waals surface area contributed by atoms with Crippen LogP contribution in [-0.4, -0.2) is 34.2 Å². The van der Waals surface area contributed by atoms with Crippen molar-refractivity contribution in [2.24, 2.45) is 0 Å². The zero-order chi connectivity index (χ0) is 13.2. The summed E-state index contributed by atoms with van der Waals surface area (Å²) < 4.78 is 0. The molecule has 1 aromatic carbocycles. The molecule has 0 amide bonds. The Hall–Kier alpha value is -1.16. The van der Waals surface area contributed by atoms with Gasteiger partial charge in [0.2, 0.25) is 0 Å². The molecule has 3 nitrogen and oxygen atoms in total. The van der Waals surface area contributed by atoms with E-state index in [1.54, 1.807) is 0 Å². The molecule has 2 aromatic rings. The number of aromatic nitrogens is 1. The van der Waals surface area contributed by atoms with E-state index >= 15 is 0 Å². The van der Waals surface area contributed by atoms with E-state index in [0.717, 1.165) is 48.4 Å². The molecule has 4 heteroatoms. The molecule has 0 atom stereocenters. The van der Waals surface area contributed by atoms with Crippen molar-refractivity contribution in [2.45, 2.75) is 25.5 Å². The fraction of sp³-hybridized carbons (Fsp3) is 0.400. The minimum Gasteiger partial charge on any atom is -0.393 e. The summed E-state index contributed by atoms with van der Waals surface area (Å²) in [4.78, 5) is 6.82. The van der Waals surface area contributed by atoms with Crippen molar-refractivity contribution in [1.29, 1.82) is 0 Å². The predicted octanol–water partition coefficient (Wildman–Crippen LogP) is 2.84. The third kappa shape index (κ3) is 2.89. The standard InChI is InChI=1S/C15H17ClN2O/c16-13-8-11-2-1-5-17-15(11)12(9-13)10-18-6-3-14(19)4-7-18/h1-2,5,8-9,14,19H,3-4,6-7,10H2. The van der Waals surface area contributed by atoms with Crippen LogP contribution < -0.4 is 0 Å². The summed E-state index contributed by atoms with van der Waals surface area (Å²) in [6.45, 7) is 2.71. The Morgan fingerprint density at radius 1 is 1.32 bits per heavy atom. The van der Waals surface area contributed by atoms with Gasteiger partial charge in [-0.1, -0.05) is 17.7 Å². The van der Waals surface area contributed by atoms with E-state index in [9.17, 15) is 5.11 Å². The molecule has 0 spiro atoms. The number of benzene rings is 1. The van der Waals surface area contributed by atoms with Gasteiger partial charge < -0.3 is 5.11 Å². The summed E-state index contributed by atoms with van der Waals surface area (Å²) in [5, 5.41) is 11.4. The highest BCUT2D eigenvalue weighted by Gasteiger charge is 2.18. The molecule has 1 saturated heterocycles. The van der Waals surface area contributed by atoms with Crippen LogP contribution in [0.4, 0.5) is 0 Å². The van der Waals surface area contributed by atoms with Gasteiger partial charge in [-0.15, -0.1) is 0 Å². The normalized spacial score (nSPS) is 18.0. The number of halogens is 1. The number of aliphatic hydroxyl groups excluding tert-OH is 1. The Bertz CT molecular complexity index is 579. The predicted molar refractivity (Wildman–Crippen MR) is 77.3 cm³/mol. The first-order valence-electron chi connectivity index (χ1n) is 6.66. The molecule has 0 saturated carbocycles. The Balaban J connectivity index is 1.88. The fourth-order valence-corrected chi connectivity index (χ4v) is 2.92. The van der Waals surface area contributed by atoms with Gasteiger partial charge in [-0.25, -0.2) is 0 Å². The minimum atomic E-state index is -0.134. The van der Waals surface area contributed by atoms with Gasteiger partial charge in [0.15, 0.2) is 0 Å². The Morgan fingerprint density at radius 3 is 2.89 bits per heavy atom. The highest BCUT2D eigenvalue weighted by Crippen LogP contribution is 2.24. The van der Waals surface area contributed by atoms with Crippen molar-refractivity contribution < 1.29 is 5.11 Å². The molecule has 1 fully saturated rings. The van der Waals surface area contributed by atoms with Crippen LogP contribution >= 0.6 is 11.6 Å². The number of likely N-dealkylation sites (tertiary alicyclic amines) is 1. The van der Waals surface area contributed by atoms with Crippen LogP contribution in [0, 0.1) is 0 Å². The van der Waals surface area contributed by atoms with Crippen molar-refractivity contribution in [3.63, 3.8) is 0 Å². The highest BCUT2D eigenvalue weighted by molar-refractivity contribution is 6.31. The number of hydrogen-bond acceptors (Lipinski definition) is 3. The molecule has 0 aliphatic carbocycles. The number of nitrogens with zero attached hydrogens (tertiary/aromatic N) is 2. The first kappa shape index (κ1) is 12.9. The summed E-state index contributed by atoms with van der Waals surface area (Å²) in [5.41, 5.74) is 2.19. The smallest absolute Gasteiger partial charge is 0.0747 e. The van der Waals surface area contributed by atoms with Crippen molar-refractivity contribution in [3.05, 3.63) is 41.0 Å². The van der Waals surface area contributed by atoms with Crippen LogP contribution in [0.15, 0.2) is 30.5 Å². The number of rotatable bonds is 2. The number of pyridine rings is 1. The zero-order valence-corrected chi connectivity index (χ0v) is 11.5. The van der Waals surface area contributed by atoms with E-state index in [2.05, 4.69) is 9.88 Å². The van der Waals surface area contributed by atoms with Crippen LogP contribution in [0.5, 0.6) is 0 Å². The number of hydrogen-bond donors (Lipinski definition) is 1. The molecule has 1 aromatic heterocycles.